The van der Waals surface area contributed by atoms with Crippen molar-refractivity contribution in [2.24, 2.45) is 23.5 Å². The minimum Gasteiger partial charge on any atom is -0.369 e. The van der Waals surface area contributed by atoms with E-state index in [-0.39, 0.29) is 47.9 Å². The van der Waals surface area contributed by atoms with Gasteiger partial charge >= 0.3 is 0 Å². The highest BCUT2D eigenvalue weighted by Gasteiger charge is 2.60. The van der Waals surface area contributed by atoms with E-state index in [1.54, 1.807) is 0 Å². The van der Waals surface area contributed by atoms with Gasteiger partial charge in [-0.2, -0.15) is 0 Å². The standard InChI is InChI=1S/C29H46FN5O3/c1-35(2,3)11-9-32-29(37)21-16-34-23-12-17-6-4-5-7-18(17)13-24(23)38-28-25(34)20(27(21)36)14-22(30)26(28)33-10-8-19(31)15-33/h16-20,22-26,28H,4-15,31H2,1-3H3/p+1. The summed E-state index contributed by atoms with van der Waals surface area (Å²) in [5.74, 6) is 0.232. The van der Waals surface area contributed by atoms with Crippen molar-refractivity contribution >= 4 is 11.7 Å². The lowest BCUT2D eigenvalue weighted by atomic mass is 9.64. The lowest BCUT2D eigenvalue weighted by molar-refractivity contribution is -0.869. The third-order valence-electron chi connectivity index (χ3n) is 10.4. The van der Waals surface area contributed by atoms with E-state index >= 15 is 4.39 Å². The van der Waals surface area contributed by atoms with Crippen LogP contribution in [0.2, 0.25) is 0 Å². The number of hydrogen-bond donors (Lipinski definition) is 2. The molecule has 3 saturated carbocycles. The number of carbonyl (C=O) groups is 2. The zero-order valence-corrected chi connectivity index (χ0v) is 23.4. The number of nitrogens with one attached hydrogen (secondary N) is 1. The summed E-state index contributed by atoms with van der Waals surface area (Å²) in [4.78, 5) is 31.6. The van der Waals surface area contributed by atoms with Crippen LogP contribution >= 0.6 is 0 Å². The van der Waals surface area contributed by atoms with Crippen LogP contribution in [0.5, 0.6) is 0 Å². The third kappa shape index (κ3) is 4.82. The topological polar surface area (TPSA) is 87.9 Å². The Labute approximate surface area is 226 Å². The second kappa shape index (κ2) is 10.1. The molecular weight excluding hydrogens is 485 g/mol. The molecule has 10 unspecified atom stereocenters. The van der Waals surface area contributed by atoms with Crippen molar-refractivity contribution in [1.82, 2.24) is 15.1 Å². The van der Waals surface area contributed by atoms with Crippen LogP contribution in [0.15, 0.2) is 11.8 Å². The van der Waals surface area contributed by atoms with Crippen LogP contribution in [0, 0.1) is 17.8 Å². The molecule has 10 atom stereocenters. The highest BCUT2D eigenvalue weighted by atomic mass is 19.1. The lowest BCUT2D eigenvalue weighted by Gasteiger charge is -2.61. The Morgan fingerprint density at radius 1 is 1.13 bits per heavy atom. The Bertz CT molecular complexity index is 968. The van der Waals surface area contributed by atoms with Crippen molar-refractivity contribution in [2.75, 3.05) is 47.3 Å². The lowest BCUT2D eigenvalue weighted by Crippen LogP contribution is -2.73. The minimum absolute atomic E-state index is 0.00674. The Balaban J connectivity index is 1.32. The van der Waals surface area contributed by atoms with Crippen LogP contribution in [0.1, 0.15) is 51.4 Å². The number of rotatable bonds is 5. The van der Waals surface area contributed by atoms with Gasteiger partial charge in [0, 0.05) is 31.2 Å². The van der Waals surface area contributed by atoms with Crippen molar-refractivity contribution in [3.63, 3.8) is 0 Å². The van der Waals surface area contributed by atoms with Gasteiger partial charge in [0.2, 0.25) is 0 Å². The van der Waals surface area contributed by atoms with Crippen molar-refractivity contribution in [2.45, 2.75) is 93.9 Å². The van der Waals surface area contributed by atoms with E-state index in [1.807, 2.05) is 6.20 Å². The Kier molecular flexibility index (Phi) is 7.11. The van der Waals surface area contributed by atoms with E-state index < -0.39 is 24.2 Å². The largest absolute Gasteiger partial charge is 0.369 e. The predicted molar refractivity (Wildman–Crippen MR) is 143 cm³/mol. The molecule has 0 aromatic rings. The number of nitrogens with two attached hydrogens (primary N) is 1. The van der Waals surface area contributed by atoms with Crippen molar-refractivity contribution in [3.8, 4) is 0 Å². The Morgan fingerprint density at radius 2 is 1.87 bits per heavy atom. The first-order valence-corrected chi connectivity index (χ1v) is 15.0. The number of hydrogen-bond acceptors (Lipinski definition) is 6. The molecule has 2 saturated heterocycles. The first-order chi connectivity index (χ1) is 18.1. The molecule has 3 N–H and O–H groups in total. The molecule has 1 amide bonds. The summed E-state index contributed by atoms with van der Waals surface area (Å²) in [6.45, 7) is 2.70. The van der Waals surface area contributed by atoms with E-state index in [0.717, 1.165) is 36.8 Å². The molecule has 0 aromatic heterocycles. The van der Waals surface area contributed by atoms with Gasteiger partial charge in [-0.1, -0.05) is 25.7 Å². The van der Waals surface area contributed by atoms with Crippen molar-refractivity contribution in [1.29, 1.82) is 0 Å². The molecule has 6 aliphatic rings. The van der Waals surface area contributed by atoms with Gasteiger partial charge in [-0.15, -0.1) is 0 Å². The fourth-order valence-electron chi connectivity index (χ4n) is 8.55. The highest BCUT2D eigenvalue weighted by molar-refractivity contribution is 6.20. The van der Waals surface area contributed by atoms with Gasteiger partial charge in [0.25, 0.3) is 5.91 Å². The number of fused-ring (bicyclic) bond motifs is 3. The molecule has 0 radical (unpaired) electrons. The quantitative estimate of drug-likeness (QED) is 0.412. The first-order valence-electron chi connectivity index (χ1n) is 15.0. The molecule has 3 heterocycles. The maximum absolute atomic E-state index is 16.1. The first kappa shape index (κ1) is 26.7. The van der Waals surface area contributed by atoms with Crippen LogP contribution in [0.25, 0.3) is 0 Å². The van der Waals surface area contributed by atoms with E-state index in [0.29, 0.717) is 24.9 Å². The van der Waals surface area contributed by atoms with Gasteiger partial charge in [-0.25, -0.2) is 4.39 Å². The van der Waals surface area contributed by atoms with E-state index in [2.05, 4.69) is 36.3 Å². The van der Waals surface area contributed by atoms with Gasteiger partial charge in [0.15, 0.2) is 5.78 Å². The number of nitrogens with zero attached hydrogens (tertiary/aromatic N) is 3. The maximum atomic E-state index is 16.1. The molecule has 0 aromatic carbocycles. The average molecular weight is 533 g/mol. The molecule has 3 aliphatic heterocycles. The summed E-state index contributed by atoms with van der Waals surface area (Å²) >= 11 is 0. The Morgan fingerprint density at radius 3 is 2.55 bits per heavy atom. The number of morpholine rings is 1. The second-order valence-corrected chi connectivity index (χ2v) is 14.0. The molecule has 38 heavy (non-hydrogen) atoms. The number of amides is 1. The summed E-state index contributed by atoms with van der Waals surface area (Å²) in [6.07, 6.45) is 8.38. The van der Waals surface area contributed by atoms with Gasteiger partial charge in [-0.05, 0) is 37.5 Å². The number of quaternary nitrogens is 1. The van der Waals surface area contributed by atoms with Gasteiger partial charge in [0.1, 0.15) is 6.17 Å². The molecule has 5 fully saturated rings. The summed E-state index contributed by atoms with van der Waals surface area (Å²) in [5, 5.41) is 2.98. The molecule has 9 heteroatoms. The fraction of sp³-hybridized carbons (Fsp3) is 0.862. The number of carbonyl (C=O) groups excluding carboxylic acids is 2. The van der Waals surface area contributed by atoms with E-state index in [1.165, 1.54) is 25.7 Å². The Hall–Kier alpha value is -1.55. The molecule has 212 valence electrons. The number of likely N-dealkylation sites (tertiary alicyclic amines) is 1. The summed E-state index contributed by atoms with van der Waals surface area (Å²) in [6, 6.07) is -0.420. The monoisotopic (exact) mass is 532 g/mol. The predicted octanol–water partition coefficient (Wildman–Crippen LogP) is 1.44. The zero-order valence-electron chi connectivity index (χ0n) is 23.4. The molecular formula is C29H47FN5O3+. The number of Topliss-reactive ketones (excluding diaryl/α,β-unsaturated/α-hetero) is 1. The van der Waals surface area contributed by atoms with Gasteiger partial charge < -0.3 is 25.2 Å². The number of halogens is 1. The zero-order chi connectivity index (χ0) is 26.8. The third-order valence-corrected chi connectivity index (χ3v) is 10.4. The van der Waals surface area contributed by atoms with Gasteiger partial charge in [-0.3, -0.25) is 14.5 Å². The number of ketones is 1. The number of alkyl halides is 1. The van der Waals surface area contributed by atoms with E-state index in [4.69, 9.17) is 10.5 Å². The molecule has 8 nitrogen and oxygen atoms in total. The number of likely N-dealkylation sites (N-methyl/N-ethyl adjacent to an activating group) is 1. The SMILES string of the molecule is C[N+](C)(C)CCNC(=O)C1=CN2C3CC4CCCCC4CC3OC3C(N4CCC(N)C4)C(F)CC(C1=O)C32. The normalized spacial score (nSPS) is 43.1. The van der Waals surface area contributed by atoms with Gasteiger partial charge in [0.05, 0.1) is 70.1 Å². The number of ether oxygens (including phenoxy) is 1. The van der Waals surface area contributed by atoms with Crippen LogP contribution in [0.4, 0.5) is 4.39 Å². The van der Waals surface area contributed by atoms with E-state index in [9.17, 15) is 9.59 Å². The summed E-state index contributed by atoms with van der Waals surface area (Å²) in [7, 11) is 6.22. The molecule has 0 spiro atoms. The smallest absolute Gasteiger partial charge is 0.256 e. The molecule has 3 aliphatic carbocycles. The van der Waals surface area contributed by atoms with Crippen molar-refractivity contribution < 1.29 is 23.2 Å². The average Bonchev–Trinajstić information content (AvgIpc) is 3.29. The highest BCUT2D eigenvalue weighted by Crippen LogP contribution is 2.50. The second-order valence-electron chi connectivity index (χ2n) is 14.0. The van der Waals surface area contributed by atoms with Crippen LogP contribution < -0.4 is 11.1 Å². The van der Waals surface area contributed by atoms with Crippen LogP contribution in [-0.4, -0.2) is 116 Å². The van der Waals surface area contributed by atoms with Crippen molar-refractivity contribution in [3.05, 3.63) is 11.8 Å². The summed E-state index contributed by atoms with van der Waals surface area (Å²) in [5.41, 5.74) is 6.43. The maximum Gasteiger partial charge on any atom is 0.256 e. The fourth-order valence-corrected chi connectivity index (χ4v) is 8.55. The molecule has 6 rings (SSSR count). The van der Waals surface area contributed by atoms with Crippen LogP contribution in [0.3, 0.4) is 0 Å². The summed E-state index contributed by atoms with van der Waals surface area (Å²) < 4.78 is 23.7. The van der Waals surface area contributed by atoms with Crippen LogP contribution in [-0.2, 0) is 14.3 Å². The molecule has 0 bridgehead atoms. The minimum atomic E-state index is -1.18.